The van der Waals surface area contributed by atoms with E-state index in [4.69, 9.17) is 23.4 Å². The van der Waals surface area contributed by atoms with Gasteiger partial charge in [-0.05, 0) is 104 Å². The normalized spacial score (nSPS) is 17.3. The molecule has 2 saturated carbocycles. The lowest BCUT2D eigenvalue weighted by Crippen LogP contribution is -2.49. The molecule has 3 fully saturated rings. The van der Waals surface area contributed by atoms with Crippen LogP contribution in [-0.4, -0.2) is 42.3 Å². The minimum Gasteiger partial charge on any atom is -0.493 e. The number of hydrogen-bond acceptors (Lipinski definition) is 6. The van der Waals surface area contributed by atoms with E-state index >= 15 is 0 Å². The molecule has 0 radical (unpaired) electrons. The highest BCUT2D eigenvalue weighted by atomic mass is 19.1. The van der Waals surface area contributed by atoms with Crippen molar-refractivity contribution in [2.75, 3.05) is 26.3 Å². The Kier molecular flexibility index (Phi) is 8.48. The largest absolute Gasteiger partial charge is 0.493 e. The third kappa shape index (κ3) is 7.17. The average molecular weight is 612 g/mol. The molecule has 7 nitrogen and oxygen atoms in total. The van der Waals surface area contributed by atoms with Crippen LogP contribution < -0.4 is 9.47 Å². The number of halogens is 1. The summed E-state index contributed by atoms with van der Waals surface area (Å²) in [5, 5.41) is 11.0. The molecule has 0 amide bonds. The fourth-order valence-electron chi connectivity index (χ4n) is 6.14. The van der Waals surface area contributed by atoms with E-state index in [9.17, 15) is 9.18 Å². The van der Waals surface area contributed by atoms with Crippen molar-refractivity contribution < 1.29 is 32.6 Å². The van der Waals surface area contributed by atoms with Gasteiger partial charge >= 0.3 is 5.97 Å². The Morgan fingerprint density at radius 1 is 0.822 bits per heavy atom. The van der Waals surface area contributed by atoms with Crippen LogP contribution in [0.15, 0.2) is 81.8 Å². The first-order chi connectivity index (χ1) is 22.0. The van der Waals surface area contributed by atoms with Crippen LogP contribution >= 0.6 is 0 Å². The summed E-state index contributed by atoms with van der Waals surface area (Å²) in [5.41, 5.74) is 2.86. The highest BCUT2D eigenvalue weighted by molar-refractivity contribution is 5.84. The highest BCUT2D eigenvalue weighted by Gasteiger charge is 2.32. The van der Waals surface area contributed by atoms with Crippen LogP contribution in [0, 0.1) is 23.6 Å². The van der Waals surface area contributed by atoms with Crippen molar-refractivity contribution in [3.05, 3.63) is 84.4 Å². The Labute approximate surface area is 261 Å². The van der Waals surface area contributed by atoms with Crippen molar-refractivity contribution in [2.24, 2.45) is 17.8 Å². The summed E-state index contributed by atoms with van der Waals surface area (Å²) < 4.78 is 37.6. The zero-order valence-electron chi connectivity index (χ0n) is 25.3. The molecule has 5 aromatic rings. The fourth-order valence-corrected chi connectivity index (χ4v) is 6.14. The van der Waals surface area contributed by atoms with Crippen molar-refractivity contribution in [1.82, 2.24) is 4.90 Å². The average Bonchev–Trinajstić information content (AvgIpc) is 3.36. The number of fused-ring (bicyclic) bond motifs is 2. The second kappa shape index (κ2) is 13.0. The van der Waals surface area contributed by atoms with E-state index in [1.54, 1.807) is 12.3 Å². The molecular weight excluding hydrogens is 573 g/mol. The number of carboxylic acid groups (broad SMARTS) is 1. The third-order valence-corrected chi connectivity index (χ3v) is 9.07. The van der Waals surface area contributed by atoms with Crippen molar-refractivity contribution in [3.63, 3.8) is 0 Å². The number of hydrogen-bond donors (Lipinski definition) is 1. The predicted octanol–water partition coefficient (Wildman–Crippen LogP) is 8.55. The van der Waals surface area contributed by atoms with Crippen LogP contribution in [0.3, 0.4) is 0 Å². The first kappa shape index (κ1) is 29.4. The second-order valence-electron chi connectivity index (χ2n) is 12.7. The number of aliphatic carboxylic acids is 1. The van der Waals surface area contributed by atoms with Gasteiger partial charge in [0.15, 0.2) is 0 Å². The van der Waals surface area contributed by atoms with Gasteiger partial charge in [0.2, 0.25) is 0 Å². The molecule has 0 spiro atoms. The number of ether oxygens (including phenoxy) is 2. The lowest BCUT2D eigenvalue weighted by Gasteiger charge is -2.36. The predicted molar refractivity (Wildman–Crippen MR) is 170 cm³/mol. The monoisotopic (exact) mass is 611 g/mol. The van der Waals surface area contributed by atoms with E-state index in [1.807, 2.05) is 59.5 Å². The summed E-state index contributed by atoms with van der Waals surface area (Å²) in [5.74, 6) is 2.28. The van der Waals surface area contributed by atoms with Gasteiger partial charge in [-0.15, -0.1) is 0 Å². The molecule has 0 atom stereocenters. The molecule has 45 heavy (non-hydrogen) atoms. The molecule has 1 saturated heterocycles. The lowest BCUT2D eigenvalue weighted by atomic mass is 9.99. The van der Waals surface area contributed by atoms with Crippen molar-refractivity contribution in [2.45, 2.75) is 45.1 Å². The number of carbonyl (C=O) groups is 1. The number of nitrogens with zero attached hydrogens (tertiary/aromatic N) is 1. The lowest BCUT2D eigenvalue weighted by molar-refractivity contribution is -0.147. The molecule has 3 aliphatic rings. The van der Waals surface area contributed by atoms with E-state index in [0.29, 0.717) is 42.5 Å². The molecule has 0 unspecified atom stereocenters. The molecule has 1 N–H and O–H groups in total. The Bertz CT molecular complexity index is 1780. The fraction of sp³-hybridized carbons (Fsp3) is 0.378. The number of carboxylic acids is 1. The smallest absolute Gasteiger partial charge is 0.309 e. The molecule has 2 aromatic heterocycles. The Balaban J connectivity index is 0.000000192. The minimum absolute atomic E-state index is 0.313. The molecule has 0 bridgehead atoms. The molecule has 2 aliphatic carbocycles. The molecule has 3 heterocycles. The number of rotatable bonds is 10. The maximum Gasteiger partial charge on any atom is 0.309 e. The topological polar surface area (TPSA) is 85.3 Å². The summed E-state index contributed by atoms with van der Waals surface area (Å²) in [6, 6.07) is 20.6. The number of benzene rings is 3. The SMILES string of the molecule is O=C(O)C1CN(Cc2ccc(-c3cc4cc(OCC5CCCC5)ccc4o3)c(F)c2)C1.c1cc2cc(OCC3CC3)ccc2o1. The molecule has 8 rings (SSSR count). The van der Waals surface area contributed by atoms with Gasteiger partial charge in [0.1, 0.15) is 34.2 Å². The molecular formula is C37H38FNO6. The van der Waals surface area contributed by atoms with Gasteiger partial charge in [0, 0.05) is 30.4 Å². The van der Waals surface area contributed by atoms with E-state index < -0.39 is 5.97 Å². The van der Waals surface area contributed by atoms with Gasteiger partial charge in [-0.1, -0.05) is 18.9 Å². The highest BCUT2D eigenvalue weighted by Crippen LogP contribution is 2.34. The van der Waals surface area contributed by atoms with E-state index in [2.05, 4.69) is 0 Å². The molecule has 3 aromatic carbocycles. The van der Waals surface area contributed by atoms with Crippen molar-refractivity contribution >= 4 is 27.9 Å². The van der Waals surface area contributed by atoms with Crippen LogP contribution in [0.1, 0.15) is 44.1 Å². The number of furan rings is 2. The van der Waals surface area contributed by atoms with Crippen LogP contribution in [-0.2, 0) is 11.3 Å². The Morgan fingerprint density at radius 3 is 2.20 bits per heavy atom. The van der Waals surface area contributed by atoms with Crippen LogP contribution in [0.5, 0.6) is 11.5 Å². The maximum atomic E-state index is 14.8. The summed E-state index contributed by atoms with van der Waals surface area (Å²) in [4.78, 5) is 12.9. The van der Waals surface area contributed by atoms with Crippen LogP contribution in [0.2, 0.25) is 0 Å². The van der Waals surface area contributed by atoms with Gasteiger partial charge in [0.25, 0.3) is 0 Å². The summed E-state index contributed by atoms with van der Waals surface area (Å²) >= 11 is 0. The summed E-state index contributed by atoms with van der Waals surface area (Å²) in [6.45, 7) is 3.17. The Morgan fingerprint density at radius 2 is 1.51 bits per heavy atom. The van der Waals surface area contributed by atoms with Crippen LogP contribution in [0.4, 0.5) is 4.39 Å². The first-order valence-electron chi connectivity index (χ1n) is 16.0. The van der Waals surface area contributed by atoms with Gasteiger partial charge in [-0.25, -0.2) is 4.39 Å². The minimum atomic E-state index is -0.769. The third-order valence-electron chi connectivity index (χ3n) is 9.07. The molecule has 1 aliphatic heterocycles. The quantitative estimate of drug-likeness (QED) is 0.169. The number of likely N-dealkylation sites (tertiary alicyclic amines) is 1. The van der Waals surface area contributed by atoms with E-state index in [1.165, 1.54) is 44.6 Å². The standard InChI is InChI=1S/C25H26FNO4.C12H12O2/c26-22-9-17(12-27-13-19(14-27)25(28)29)5-7-21(22)24-11-18-10-20(6-8-23(18)31-24)30-15-16-3-1-2-4-16;1-2-9(1)8-14-11-3-4-12-10(7-11)5-6-13-12/h5-11,16,19H,1-4,12-15H2,(H,28,29);3-7,9H,1-2,8H2. The van der Waals surface area contributed by atoms with Gasteiger partial charge in [0.05, 0.1) is 31.0 Å². The summed E-state index contributed by atoms with van der Waals surface area (Å²) in [6.07, 6.45) is 9.43. The van der Waals surface area contributed by atoms with E-state index in [-0.39, 0.29) is 11.7 Å². The van der Waals surface area contributed by atoms with Gasteiger partial charge < -0.3 is 23.4 Å². The zero-order chi connectivity index (χ0) is 30.8. The molecule has 8 heteroatoms. The second-order valence-corrected chi connectivity index (χ2v) is 12.7. The molecule has 234 valence electrons. The zero-order valence-corrected chi connectivity index (χ0v) is 25.3. The Hall–Kier alpha value is -4.30. The van der Waals surface area contributed by atoms with Crippen molar-refractivity contribution in [3.8, 4) is 22.8 Å². The van der Waals surface area contributed by atoms with E-state index in [0.717, 1.165) is 52.5 Å². The van der Waals surface area contributed by atoms with Crippen molar-refractivity contribution in [1.29, 1.82) is 0 Å². The summed E-state index contributed by atoms with van der Waals surface area (Å²) in [7, 11) is 0. The first-order valence-corrected chi connectivity index (χ1v) is 16.0. The van der Waals surface area contributed by atoms with Gasteiger partial charge in [-0.2, -0.15) is 0 Å². The van der Waals surface area contributed by atoms with Gasteiger partial charge in [-0.3, -0.25) is 9.69 Å². The van der Waals surface area contributed by atoms with Crippen LogP contribution in [0.25, 0.3) is 33.3 Å². The maximum absolute atomic E-state index is 14.8.